The summed E-state index contributed by atoms with van der Waals surface area (Å²) in [6, 6.07) is 12.9. The number of hydrogen-bond acceptors (Lipinski definition) is 3. The molecule has 0 saturated carbocycles. The van der Waals surface area contributed by atoms with Crippen LogP contribution < -0.4 is 15.6 Å². The predicted molar refractivity (Wildman–Crippen MR) is 98.3 cm³/mol. The summed E-state index contributed by atoms with van der Waals surface area (Å²) in [7, 11) is 0. The van der Waals surface area contributed by atoms with Crippen molar-refractivity contribution in [3.8, 4) is 5.75 Å². The van der Waals surface area contributed by atoms with E-state index in [1.54, 1.807) is 25.1 Å². The Hall–Kier alpha value is -2.34. The van der Waals surface area contributed by atoms with Crippen LogP contribution in [0.3, 0.4) is 0 Å². The molecule has 0 bridgehead atoms. The minimum atomic E-state index is -0.741. The quantitative estimate of drug-likeness (QED) is 0.771. The fourth-order valence-electron chi connectivity index (χ4n) is 2.80. The Balaban J connectivity index is 1.53. The normalized spacial score (nSPS) is 13.7. The molecule has 0 fully saturated rings. The molecule has 2 aromatic carbocycles. The zero-order valence-electron chi connectivity index (χ0n) is 13.8. The number of hydrogen-bond donors (Lipinski definition) is 2. The summed E-state index contributed by atoms with van der Waals surface area (Å²) < 4.78 is 6.43. The first-order valence-electron chi connectivity index (χ1n) is 8.17. The fraction of sp³-hybridized carbons (Fsp3) is 0.263. The number of nitrogens with one attached hydrogen (secondary N) is 2. The lowest BCUT2D eigenvalue weighted by atomic mass is 10.1. The van der Waals surface area contributed by atoms with Crippen LogP contribution >= 0.6 is 15.9 Å². The van der Waals surface area contributed by atoms with Crippen molar-refractivity contribution >= 4 is 27.7 Å². The lowest BCUT2D eigenvalue weighted by Crippen LogP contribution is -2.47. The Morgan fingerprint density at radius 3 is 2.68 bits per heavy atom. The highest BCUT2D eigenvalue weighted by Crippen LogP contribution is 2.22. The molecule has 0 spiro atoms. The summed E-state index contributed by atoms with van der Waals surface area (Å²) in [6.45, 7) is 1.62. The van der Waals surface area contributed by atoms with Crippen LogP contribution in [0.15, 0.2) is 46.9 Å². The lowest BCUT2D eigenvalue weighted by molar-refractivity contribution is -0.128. The van der Waals surface area contributed by atoms with Gasteiger partial charge in [0.15, 0.2) is 6.10 Å². The second-order valence-corrected chi connectivity index (χ2v) is 6.91. The van der Waals surface area contributed by atoms with Crippen LogP contribution in [0.4, 0.5) is 0 Å². The van der Waals surface area contributed by atoms with Gasteiger partial charge in [-0.05, 0) is 67.6 Å². The monoisotopic (exact) mass is 402 g/mol. The van der Waals surface area contributed by atoms with Gasteiger partial charge in [-0.1, -0.05) is 28.1 Å². The van der Waals surface area contributed by atoms with Gasteiger partial charge in [0.1, 0.15) is 5.75 Å². The average molecular weight is 403 g/mol. The number of hydrazine groups is 1. The highest BCUT2D eigenvalue weighted by molar-refractivity contribution is 9.10. The molecule has 0 heterocycles. The SMILES string of the molecule is CC(Oc1cccc(Br)c1)C(=O)NNC(=O)c1ccc2c(c1)CCC2. The van der Waals surface area contributed by atoms with Crippen molar-refractivity contribution in [1.29, 1.82) is 0 Å². The van der Waals surface area contributed by atoms with Gasteiger partial charge in [-0.25, -0.2) is 0 Å². The Morgan fingerprint density at radius 1 is 1.08 bits per heavy atom. The van der Waals surface area contributed by atoms with E-state index in [2.05, 4.69) is 26.8 Å². The number of aryl methyl sites for hydroxylation is 2. The number of benzene rings is 2. The molecule has 0 aliphatic heterocycles. The van der Waals surface area contributed by atoms with Gasteiger partial charge < -0.3 is 4.74 Å². The third kappa shape index (κ3) is 4.39. The summed E-state index contributed by atoms with van der Waals surface area (Å²) in [4.78, 5) is 24.3. The molecule has 0 aromatic heterocycles. The van der Waals surface area contributed by atoms with Gasteiger partial charge in [0, 0.05) is 10.0 Å². The zero-order chi connectivity index (χ0) is 17.8. The van der Waals surface area contributed by atoms with Gasteiger partial charge >= 0.3 is 0 Å². The lowest BCUT2D eigenvalue weighted by Gasteiger charge is -2.15. The Kier molecular flexibility index (Phi) is 5.38. The van der Waals surface area contributed by atoms with Gasteiger partial charge in [-0.2, -0.15) is 0 Å². The molecule has 130 valence electrons. The molecule has 2 N–H and O–H groups in total. The highest BCUT2D eigenvalue weighted by atomic mass is 79.9. The Labute approximate surface area is 154 Å². The number of amides is 2. The Morgan fingerprint density at radius 2 is 1.88 bits per heavy atom. The fourth-order valence-corrected chi connectivity index (χ4v) is 3.18. The molecule has 0 saturated heterocycles. The summed E-state index contributed by atoms with van der Waals surface area (Å²) in [5.74, 6) is -0.186. The average Bonchev–Trinajstić information content (AvgIpc) is 3.07. The molecule has 1 unspecified atom stereocenters. The predicted octanol–water partition coefficient (Wildman–Crippen LogP) is 3.17. The van der Waals surface area contributed by atoms with Crippen LogP contribution in [-0.4, -0.2) is 17.9 Å². The van der Waals surface area contributed by atoms with E-state index in [1.165, 1.54) is 11.1 Å². The van der Waals surface area contributed by atoms with Gasteiger partial charge in [0.05, 0.1) is 0 Å². The van der Waals surface area contributed by atoms with Crippen molar-refractivity contribution in [2.24, 2.45) is 0 Å². The minimum Gasteiger partial charge on any atom is -0.481 e. The largest absolute Gasteiger partial charge is 0.481 e. The summed E-state index contributed by atoms with van der Waals surface area (Å²) in [5, 5.41) is 0. The van der Waals surface area contributed by atoms with E-state index in [1.807, 2.05) is 24.3 Å². The van der Waals surface area contributed by atoms with E-state index in [-0.39, 0.29) is 5.91 Å². The summed E-state index contributed by atoms with van der Waals surface area (Å²) in [5.41, 5.74) is 7.91. The number of halogens is 1. The molecule has 0 radical (unpaired) electrons. The first kappa shape index (κ1) is 17.5. The topological polar surface area (TPSA) is 67.4 Å². The maximum Gasteiger partial charge on any atom is 0.279 e. The zero-order valence-corrected chi connectivity index (χ0v) is 15.4. The third-order valence-electron chi connectivity index (χ3n) is 4.14. The van der Waals surface area contributed by atoms with Crippen molar-refractivity contribution in [3.63, 3.8) is 0 Å². The molecule has 3 rings (SSSR count). The van der Waals surface area contributed by atoms with Crippen LogP contribution in [0.5, 0.6) is 5.75 Å². The van der Waals surface area contributed by atoms with E-state index in [0.29, 0.717) is 11.3 Å². The van der Waals surface area contributed by atoms with E-state index in [0.717, 1.165) is 23.7 Å². The molecule has 2 amide bonds. The first-order valence-corrected chi connectivity index (χ1v) is 8.96. The van der Waals surface area contributed by atoms with Crippen molar-refractivity contribution < 1.29 is 14.3 Å². The van der Waals surface area contributed by atoms with Crippen LogP contribution in [0.2, 0.25) is 0 Å². The number of fused-ring (bicyclic) bond motifs is 1. The molecular weight excluding hydrogens is 384 g/mol. The van der Waals surface area contributed by atoms with E-state index in [4.69, 9.17) is 4.74 Å². The van der Waals surface area contributed by atoms with Crippen LogP contribution in [0, 0.1) is 0 Å². The smallest absolute Gasteiger partial charge is 0.279 e. The van der Waals surface area contributed by atoms with E-state index >= 15 is 0 Å². The number of ether oxygens (including phenoxy) is 1. The Bertz CT molecular complexity index is 807. The molecule has 2 aromatic rings. The first-order chi connectivity index (χ1) is 12.0. The summed E-state index contributed by atoms with van der Waals surface area (Å²) >= 11 is 3.35. The second kappa shape index (κ2) is 7.70. The van der Waals surface area contributed by atoms with Crippen molar-refractivity contribution in [2.75, 3.05) is 0 Å². The maximum atomic E-state index is 12.2. The second-order valence-electron chi connectivity index (χ2n) is 6.00. The van der Waals surface area contributed by atoms with Gasteiger partial charge in [-0.15, -0.1) is 0 Å². The van der Waals surface area contributed by atoms with Crippen molar-refractivity contribution in [1.82, 2.24) is 10.9 Å². The van der Waals surface area contributed by atoms with Gasteiger partial charge in [-0.3, -0.25) is 20.4 Å². The molecular formula is C19H19BrN2O3. The number of carbonyl (C=O) groups excluding carboxylic acids is 2. The summed E-state index contributed by atoms with van der Waals surface area (Å²) in [6.07, 6.45) is 2.45. The van der Waals surface area contributed by atoms with Crippen LogP contribution in [0.25, 0.3) is 0 Å². The van der Waals surface area contributed by atoms with Crippen LogP contribution in [0.1, 0.15) is 34.8 Å². The molecule has 5 nitrogen and oxygen atoms in total. The highest BCUT2D eigenvalue weighted by Gasteiger charge is 2.17. The molecule has 25 heavy (non-hydrogen) atoms. The maximum absolute atomic E-state index is 12.2. The minimum absolute atomic E-state index is 0.335. The van der Waals surface area contributed by atoms with Crippen molar-refractivity contribution in [3.05, 3.63) is 63.6 Å². The van der Waals surface area contributed by atoms with Gasteiger partial charge in [0.2, 0.25) is 0 Å². The van der Waals surface area contributed by atoms with E-state index in [9.17, 15) is 9.59 Å². The number of rotatable bonds is 4. The van der Waals surface area contributed by atoms with Crippen molar-refractivity contribution in [2.45, 2.75) is 32.3 Å². The molecule has 1 aliphatic carbocycles. The molecule has 1 atom stereocenters. The number of carbonyl (C=O) groups is 2. The van der Waals surface area contributed by atoms with Crippen LogP contribution in [-0.2, 0) is 17.6 Å². The standard InChI is InChI=1S/C19H19BrN2O3/c1-12(25-17-7-3-6-16(20)11-17)18(23)21-22-19(24)15-9-8-13-4-2-5-14(13)10-15/h3,6-12H,2,4-5H2,1H3,(H,21,23)(H,22,24). The third-order valence-corrected chi connectivity index (χ3v) is 4.63. The van der Waals surface area contributed by atoms with E-state index < -0.39 is 12.0 Å². The molecule has 6 heteroatoms. The van der Waals surface area contributed by atoms with Gasteiger partial charge in [0.25, 0.3) is 11.8 Å². The molecule has 1 aliphatic rings.